The number of nitrogens with zero attached hydrogens (tertiary/aromatic N) is 1. The van der Waals surface area contributed by atoms with E-state index in [0.29, 0.717) is 5.56 Å². The van der Waals surface area contributed by atoms with Crippen LogP contribution in [0.25, 0.3) is 0 Å². The van der Waals surface area contributed by atoms with Gasteiger partial charge in [0.15, 0.2) is 0 Å². The average molecular weight is 195 g/mol. The highest BCUT2D eigenvalue weighted by Gasteiger charge is 2.26. The van der Waals surface area contributed by atoms with Gasteiger partial charge in [0.25, 0.3) is 5.92 Å². The first-order valence-corrected chi connectivity index (χ1v) is 4.30. The van der Waals surface area contributed by atoms with Crippen molar-refractivity contribution in [1.82, 2.24) is 0 Å². The zero-order chi connectivity index (χ0) is 10.8. The van der Waals surface area contributed by atoms with Gasteiger partial charge in [0.1, 0.15) is 0 Å². The normalized spacial score (nSPS) is 11.1. The zero-order valence-corrected chi connectivity index (χ0v) is 8.14. The fourth-order valence-electron chi connectivity index (χ4n) is 1.38. The summed E-state index contributed by atoms with van der Waals surface area (Å²) in [6, 6.07) is 6.55. The first-order chi connectivity index (χ1) is 6.45. The first-order valence-electron chi connectivity index (χ1n) is 4.30. The van der Waals surface area contributed by atoms with Crippen LogP contribution >= 0.6 is 0 Å². The molecule has 0 N–H and O–H groups in total. The lowest BCUT2D eigenvalue weighted by atomic mass is 9.98. The Morgan fingerprint density at radius 3 is 2.57 bits per heavy atom. The Labute approximate surface area is 82.0 Å². The molecule has 1 rings (SSSR count). The van der Waals surface area contributed by atoms with Crippen molar-refractivity contribution in [3.05, 3.63) is 34.9 Å². The van der Waals surface area contributed by atoms with Crippen molar-refractivity contribution >= 4 is 0 Å². The molecule has 0 saturated carbocycles. The molecule has 0 bridgehead atoms. The SMILES string of the molecule is Cc1ccc(C(C)(F)F)c(CC#N)c1. The highest BCUT2D eigenvalue weighted by Crippen LogP contribution is 2.30. The van der Waals surface area contributed by atoms with Gasteiger partial charge in [-0.25, -0.2) is 8.78 Å². The van der Waals surface area contributed by atoms with E-state index in [-0.39, 0.29) is 12.0 Å². The molecule has 0 amide bonds. The van der Waals surface area contributed by atoms with Crippen LogP contribution in [0.2, 0.25) is 0 Å². The Balaban J connectivity index is 3.23. The summed E-state index contributed by atoms with van der Waals surface area (Å²) >= 11 is 0. The predicted octanol–water partition coefficient (Wildman–Crippen LogP) is 3.17. The maximum Gasteiger partial charge on any atom is 0.270 e. The second-order valence-electron chi connectivity index (χ2n) is 3.38. The molecule has 0 aliphatic rings. The number of aryl methyl sites for hydroxylation is 1. The molecule has 1 aromatic carbocycles. The number of halogens is 2. The summed E-state index contributed by atoms with van der Waals surface area (Å²) in [6.07, 6.45) is 0.0282. The molecule has 3 heteroatoms. The number of benzene rings is 1. The number of alkyl halides is 2. The van der Waals surface area contributed by atoms with E-state index in [1.165, 1.54) is 6.07 Å². The third-order valence-corrected chi connectivity index (χ3v) is 2.00. The molecule has 74 valence electrons. The van der Waals surface area contributed by atoms with Gasteiger partial charge in [-0.05, 0) is 12.5 Å². The summed E-state index contributed by atoms with van der Waals surface area (Å²) < 4.78 is 26.1. The average Bonchev–Trinajstić information content (AvgIpc) is 2.02. The molecule has 0 aliphatic carbocycles. The van der Waals surface area contributed by atoms with E-state index in [1.807, 2.05) is 13.0 Å². The molecule has 0 saturated heterocycles. The van der Waals surface area contributed by atoms with Crippen molar-refractivity contribution in [2.45, 2.75) is 26.2 Å². The highest BCUT2D eigenvalue weighted by atomic mass is 19.3. The van der Waals surface area contributed by atoms with Crippen LogP contribution in [-0.4, -0.2) is 0 Å². The van der Waals surface area contributed by atoms with E-state index in [4.69, 9.17) is 5.26 Å². The Kier molecular flexibility index (Phi) is 2.85. The van der Waals surface area contributed by atoms with Crippen molar-refractivity contribution in [2.75, 3.05) is 0 Å². The van der Waals surface area contributed by atoms with Crippen LogP contribution in [0.15, 0.2) is 18.2 Å². The van der Waals surface area contributed by atoms with Crippen molar-refractivity contribution in [2.24, 2.45) is 0 Å². The molecule has 0 fully saturated rings. The van der Waals surface area contributed by atoms with E-state index in [9.17, 15) is 8.78 Å². The zero-order valence-electron chi connectivity index (χ0n) is 8.14. The standard InChI is InChI=1S/C11H11F2N/c1-8-3-4-10(11(2,12)13)9(7-8)5-6-14/h3-4,7H,5H2,1-2H3. The largest absolute Gasteiger partial charge is 0.270 e. The van der Waals surface area contributed by atoms with E-state index in [0.717, 1.165) is 12.5 Å². The summed E-state index contributed by atoms with van der Waals surface area (Å²) in [4.78, 5) is 0. The highest BCUT2D eigenvalue weighted by molar-refractivity contribution is 5.35. The van der Waals surface area contributed by atoms with Gasteiger partial charge in [-0.3, -0.25) is 0 Å². The molecule has 0 aromatic heterocycles. The predicted molar refractivity (Wildman–Crippen MR) is 50.1 cm³/mol. The molecular weight excluding hydrogens is 184 g/mol. The third-order valence-electron chi connectivity index (χ3n) is 2.00. The summed E-state index contributed by atoms with van der Waals surface area (Å²) in [5, 5.41) is 8.51. The lowest BCUT2D eigenvalue weighted by Gasteiger charge is -2.14. The van der Waals surface area contributed by atoms with Gasteiger partial charge in [0.05, 0.1) is 12.5 Å². The van der Waals surface area contributed by atoms with Crippen LogP contribution in [0, 0.1) is 18.3 Å². The second kappa shape index (κ2) is 3.75. The fraction of sp³-hybridized carbons (Fsp3) is 0.364. The van der Waals surface area contributed by atoms with Gasteiger partial charge < -0.3 is 0 Å². The van der Waals surface area contributed by atoms with E-state index < -0.39 is 5.92 Å². The van der Waals surface area contributed by atoms with E-state index in [2.05, 4.69) is 0 Å². The second-order valence-corrected chi connectivity index (χ2v) is 3.38. The Bertz CT molecular complexity index is 372. The molecular formula is C11H11F2N. The van der Waals surface area contributed by atoms with Crippen molar-refractivity contribution in [3.63, 3.8) is 0 Å². The van der Waals surface area contributed by atoms with Crippen LogP contribution in [-0.2, 0) is 12.3 Å². The summed E-state index contributed by atoms with van der Waals surface area (Å²) in [7, 11) is 0. The van der Waals surface area contributed by atoms with Crippen LogP contribution in [0.3, 0.4) is 0 Å². The Morgan fingerprint density at radius 2 is 2.07 bits per heavy atom. The molecule has 0 unspecified atom stereocenters. The lowest BCUT2D eigenvalue weighted by molar-refractivity contribution is 0.0167. The van der Waals surface area contributed by atoms with Crippen LogP contribution in [0.5, 0.6) is 0 Å². The Hall–Kier alpha value is -1.43. The minimum absolute atomic E-state index is 0.0282. The van der Waals surface area contributed by atoms with Gasteiger partial charge in [0.2, 0.25) is 0 Å². The Morgan fingerprint density at radius 1 is 1.43 bits per heavy atom. The maximum atomic E-state index is 13.1. The van der Waals surface area contributed by atoms with Crippen molar-refractivity contribution in [3.8, 4) is 6.07 Å². The van der Waals surface area contributed by atoms with Gasteiger partial charge in [-0.1, -0.05) is 23.8 Å². The maximum absolute atomic E-state index is 13.1. The minimum Gasteiger partial charge on any atom is -0.202 e. The number of hydrogen-bond donors (Lipinski definition) is 0. The first kappa shape index (κ1) is 10.6. The summed E-state index contributed by atoms with van der Waals surface area (Å²) in [5.74, 6) is -2.88. The van der Waals surface area contributed by atoms with Gasteiger partial charge >= 0.3 is 0 Å². The topological polar surface area (TPSA) is 23.8 Å². The molecule has 14 heavy (non-hydrogen) atoms. The summed E-state index contributed by atoms with van der Waals surface area (Å²) in [6.45, 7) is 2.66. The molecule has 0 spiro atoms. The molecule has 0 atom stereocenters. The smallest absolute Gasteiger partial charge is 0.202 e. The summed E-state index contributed by atoms with van der Waals surface area (Å²) in [5.41, 5.74) is 1.26. The molecule has 1 nitrogen and oxygen atoms in total. The molecule has 0 radical (unpaired) electrons. The van der Waals surface area contributed by atoms with Crippen LogP contribution in [0.1, 0.15) is 23.6 Å². The van der Waals surface area contributed by atoms with Crippen molar-refractivity contribution in [1.29, 1.82) is 5.26 Å². The third kappa shape index (κ3) is 2.29. The van der Waals surface area contributed by atoms with Gasteiger partial charge in [-0.2, -0.15) is 5.26 Å². The van der Waals surface area contributed by atoms with E-state index in [1.54, 1.807) is 12.1 Å². The van der Waals surface area contributed by atoms with E-state index >= 15 is 0 Å². The van der Waals surface area contributed by atoms with Crippen LogP contribution in [0.4, 0.5) is 8.78 Å². The van der Waals surface area contributed by atoms with Gasteiger partial charge in [-0.15, -0.1) is 0 Å². The monoisotopic (exact) mass is 195 g/mol. The molecule has 0 heterocycles. The number of rotatable bonds is 2. The van der Waals surface area contributed by atoms with Gasteiger partial charge in [0, 0.05) is 12.5 Å². The minimum atomic E-state index is -2.88. The molecule has 0 aliphatic heterocycles. The quantitative estimate of drug-likeness (QED) is 0.711. The fourth-order valence-corrected chi connectivity index (χ4v) is 1.38. The van der Waals surface area contributed by atoms with Crippen LogP contribution < -0.4 is 0 Å². The lowest BCUT2D eigenvalue weighted by Crippen LogP contribution is -2.10. The number of nitriles is 1. The van der Waals surface area contributed by atoms with Crippen molar-refractivity contribution < 1.29 is 8.78 Å². The number of hydrogen-bond acceptors (Lipinski definition) is 1. The molecule has 1 aromatic rings.